The van der Waals surface area contributed by atoms with Crippen LogP contribution in [0.25, 0.3) is 0 Å². The summed E-state index contributed by atoms with van der Waals surface area (Å²) in [6.07, 6.45) is 1.68. The van der Waals surface area contributed by atoms with Crippen LogP contribution in [0.4, 0.5) is 5.69 Å². The van der Waals surface area contributed by atoms with Crippen molar-refractivity contribution in [2.24, 2.45) is 0 Å². The quantitative estimate of drug-likeness (QED) is 0.391. The second-order valence-electron chi connectivity index (χ2n) is 2.63. The zero-order valence-electron chi connectivity index (χ0n) is 7.47. The van der Waals surface area contributed by atoms with Gasteiger partial charge in [-0.25, -0.2) is 0 Å². The van der Waals surface area contributed by atoms with Crippen molar-refractivity contribution in [3.63, 3.8) is 0 Å². The molecular formula is C8H8NO4Si. The van der Waals surface area contributed by atoms with Gasteiger partial charge in [0.2, 0.25) is 6.29 Å². The van der Waals surface area contributed by atoms with E-state index in [1.807, 2.05) is 0 Å². The third-order valence-corrected chi connectivity index (χ3v) is 1.98. The van der Waals surface area contributed by atoms with Crippen molar-refractivity contribution in [3.8, 4) is 5.75 Å². The summed E-state index contributed by atoms with van der Waals surface area (Å²) in [6.45, 7) is 0. The number of hydrogen-bond donors (Lipinski definition) is 0. The summed E-state index contributed by atoms with van der Waals surface area (Å²) in [7, 11) is 0.503. The molecule has 0 aliphatic carbocycles. The van der Waals surface area contributed by atoms with E-state index in [-0.39, 0.29) is 5.69 Å². The van der Waals surface area contributed by atoms with Crippen LogP contribution in [-0.4, -0.2) is 27.2 Å². The molecule has 1 unspecified atom stereocenters. The van der Waals surface area contributed by atoms with Crippen LogP contribution in [0.5, 0.6) is 5.75 Å². The first-order chi connectivity index (χ1) is 6.63. The molecule has 1 aromatic carbocycles. The number of nitrogens with zero attached hydrogens (tertiary/aromatic N) is 1. The van der Waals surface area contributed by atoms with Gasteiger partial charge in [0.05, 0.1) is 21.2 Å². The van der Waals surface area contributed by atoms with E-state index in [0.717, 1.165) is 0 Å². The first-order valence-electron chi connectivity index (χ1n) is 3.92. The lowest BCUT2D eigenvalue weighted by molar-refractivity contribution is -0.384. The minimum Gasteiger partial charge on any atom is -0.487 e. The Labute approximate surface area is 83.3 Å². The number of benzene rings is 1. The van der Waals surface area contributed by atoms with E-state index in [1.54, 1.807) is 12.4 Å². The number of non-ortho nitro benzene ring substituents is 1. The molecule has 5 nitrogen and oxygen atoms in total. The molecule has 0 amide bonds. The second kappa shape index (κ2) is 4.52. The molecule has 0 spiro atoms. The minimum atomic E-state index is -0.586. The van der Waals surface area contributed by atoms with Gasteiger partial charge >= 0.3 is 0 Å². The minimum absolute atomic E-state index is 0.0535. The normalized spacial score (nSPS) is 12.0. The van der Waals surface area contributed by atoms with Crippen LogP contribution in [0.2, 0.25) is 0 Å². The molecule has 0 saturated carbocycles. The maximum Gasteiger partial charge on any atom is 0.273 e. The lowest BCUT2D eigenvalue weighted by atomic mass is 10.3. The van der Waals surface area contributed by atoms with Gasteiger partial charge in [-0.05, 0) is 6.07 Å². The van der Waals surface area contributed by atoms with Crippen molar-refractivity contribution in [3.05, 3.63) is 34.4 Å². The summed E-state index contributed by atoms with van der Waals surface area (Å²) in [4.78, 5) is 20.1. The molecule has 14 heavy (non-hydrogen) atoms. The van der Waals surface area contributed by atoms with Gasteiger partial charge < -0.3 is 4.74 Å². The van der Waals surface area contributed by atoms with E-state index >= 15 is 0 Å². The second-order valence-corrected chi connectivity index (χ2v) is 3.68. The molecule has 0 aliphatic rings. The van der Waals surface area contributed by atoms with E-state index in [1.165, 1.54) is 18.2 Å². The summed E-state index contributed by atoms with van der Waals surface area (Å²) < 4.78 is 5.09. The van der Waals surface area contributed by atoms with E-state index in [4.69, 9.17) is 4.74 Å². The first kappa shape index (κ1) is 10.4. The van der Waals surface area contributed by atoms with Gasteiger partial charge in [-0.3, -0.25) is 14.9 Å². The predicted molar refractivity (Wildman–Crippen MR) is 53.1 cm³/mol. The summed E-state index contributed by atoms with van der Waals surface area (Å²) in [6, 6.07) is 5.71. The average Bonchev–Trinajstić information content (AvgIpc) is 2.18. The van der Waals surface area contributed by atoms with Gasteiger partial charge in [0.25, 0.3) is 5.69 Å². The molecule has 0 heterocycles. The van der Waals surface area contributed by atoms with Crippen LogP contribution in [0.15, 0.2) is 24.3 Å². The summed E-state index contributed by atoms with van der Waals surface area (Å²) in [5, 5.41) is 10.4. The van der Waals surface area contributed by atoms with E-state index in [9.17, 15) is 14.9 Å². The zero-order chi connectivity index (χ0) is 10.6. The predicted octanol–water partition coefficient (Wildman–Crippen LogP) is -0.225. The molecule has 1 radical (unpaired) electrons. The molecule has 0 bridgehead atoms. The third kappa shape index (κ3) is 2.66. The van der Waals surface area contributed by atoms with Crippen molar-refractivity contribution in [2.75, 3.05) is 0 Å². The van der Waals surface area contributed by atoms with Gasteiger partial charge in [-0.15, -0.1) is 0 Å². The molecule has 1 rings (SSSR count). The molecule has 0 aliphatic heterocycles. The fourth-order valence-electron chi connectivity index (χ4n) is 0.899. The SMILES string of the molecule is O=[C]C([SiH3])Oc1cccc([N+](=O)[O-])c1. The largest absolute Gasteiger partial charge is 0.487 e. The Morgan fingerprint density at radius 2 is 2.29 bits per heavy atom. The number of carbonyl (C=O) groups excluding carboxylic acids is 1. The van der Waals surface area contributed by atoms with Crippen LogP contribution >= 0.6 is 0 Å². The number of rotatable bonds is 4. The van der Waals surface area contributed by atoms with Gasteiger partial charge in [0, 0.05) is 6.07 Å². The highest BCUT2D eigenvalue weighted by molar-refractivity contribution is 6.19. The Balaban J connectivity index is 2.83. The van der Waals surface area contributed by atoms with Crippen molar-refractivity contribution >= 4 is 22.2 Å². The lowest BCUT2D eigenvalue weighted by Crippen LogP contribution is -2.17. The van der Waals surface area contributed by atoms with E-state index in [2.05, 4.69) is 0 Å². The highest BCUT2D eigenvalue weighted by Gasteiger charge is 2.08. The standard InChI is InChI=1S/C8H8NO4Si/c10-5-8(14)13-7-3-1-2-6(4-7)9(11)12/h1-4,8H,14H3. The van der Waals surface area contributed by atoms with Crippen LogP contribution in [0.1, 0.15) is 0 Å². The Morgan fingerprint density at radius 3 is 2.86 bits per heavy atom. The number of hydrogen-bond acceptors (Lipinski definition) is 4. The Kier molecular flexibility index (Phi) is 3.35. The van der Waals surface area contributed by atoms with Crippen molar-refractivity contribution in [1.82, 2.24) is 0 Å². The van der Waals surface area contributed by atoms with Gasteiger partial charge in [0.15, 0.2) is 0 Å². The van der Waals surface area contributed by atoms with Crippen molar-refractivity contribution in [2.45, 2.75) is 5.73 Å². The first-order valence-corrected chi connectivity index (χ1v) is 5.07. The van der Waals surface area contributed by atoms with Gasteiger partial charge in [-0.2, -0.15) is 0 Å². The topological polar surface area (TPSA) is 69.4 Å². The average molecular weight is 210 g/mol. The molecule has 0 aromatic heterocycles. The van der Waals surface area contributed by atoms with Crippen LogP contribution < -0.4 is 4.74 Å². The molecule has 0 N–H and O–H groups in total. The van der Waals surface area contributed by atoms with Crippen LogP contribution in [-0.2, 0) is 4.79 Å². The van der Waals surface area contributed by atoms with Gasteiger partial charge in [-0.1, -0.05) is 6.07 Å². The molecular weight excluding hydrogens is 202 g/mol. The van der Waals surface area contributed by atoms with E-state index in [0.29, 0.717) is 16.0 Å². The van der Waals surface area contributed by atoms with E-state index < -0.39 is 10.7 Å². The summed E-state index contributed by atoms with van der Waals surface area (Å²) >= 11 is 0. The number of nitro benzene ring substituents is 1. The third-order valence-electron chi connectivity index (χ3n) is 1.51. The van der Waals surface area contributed by atoms with Crippen LogP contribution in [0.3, 0.4) is 0 Å². The fourth-order valence-corrected chi connectivity index (χ4v) is 1.17. The highest BCUT2D eigenvalue weighted by atomic mass is 28.1. The molecule has 1 atom stereocenters. The number of nitro groups is 1. The molecule has 1 aromatic rings. The molecule has 0 saturated heterocycles. The van der Waals surface area contributed by atoms with Gasteiger partial charge in [0.1, 0.15) is 11.5 Å². The maximum absolute atomic E-state index is 10.4. The Morgan fingerprint density at radius 1 is 1.57 bits per heavy atom. The zero-order valence-corrected chi connectivity index (χ0v) is 9.47. The smallest absolute Gasteiger partial charge is 0.273 e. The monoisotopic (exact) mass is 210 g/mol. The summed E-state index contributed by atoms with van der Waals surface area (Å²) in [5.41, 5.74) is -0.640. The molecule has 73 valence electrons. The molecule has 6 heteroatoms. The molecule has 0 fully saturated rings. The van der Waals surface area contributed by atoms with Crippen molar-refractivity contribution < 1.29 is 14.5 Å². The van der Waals surface area contributed by atoms with Crippen molar-refractivity contribution in [1.29, 1.82) is 0 Å². The Bertz CT molecular complexity index is 355. The highest BCUT2D eigenvalue weighted by Crippen LogP contribution is 2.19. The Hall–Kier alpha value is -1.69. The summed E-state index contributed by atoms with van der Waals surface area (Å²) in [5.74, 6) is 0.322. The fraction of sp³-hybridized carbons (Fsp3) is 0.125. The number of ether oxygens (including phenoxy) is 1. The lowest BCUT2D eigenvalue weighted by Gasteiger charge is -2.06. The van der Waals surface area contributed by atoms with Crippen LogP contribution in [0, 0.1) is 10.1 Å². The maximum atomic E-state index is 10.4.